The molecule has 0 saturated carbocycles. The van der Waals surface area contributed by atoms with Crippen LogP contribution in [0, 0.1) is 5.92 Å². The van der Waals surface area contributed by atoms with E-state index in [4.69, 9.17) is 4.74 Å². The molecule has 0 radical (unpaired) electrons. The third-order valence-electron chi connectivity index (χ3n) is 2.75. The molecule has 2 heterocycles. The van der Waals surface area contributed by atoms with Gasteiger partial charge >= 0.3 is 0 Å². The van der Waals surface area contributed by atoms with Crippen molar-refractivity contribution in [3.8, 4) is 5.75 Å². The van der Waals surface area contributed by atoms with Crippen LogP contribution in [0.25, 0.3) is 11.2 Å². The highest BCUT2D eigenvalue weighted by atomic mass is 32.2. The van der Waals surface area contributed by atoms with Crippen LogP contribution in [0.1, 0.15) is 13.8 Å². The van der Waals surface area contributed by atoms with Crippen LogP contribution in [0.15, 0.2) is 46.8 Å². The van der Waals surface area contributed by atoms with Crippen LogP contribution >= 0.6 is 11.8 Å². The van der Waals surface area contributed by atoms with Crippen molar-refractivity contribution in [1.29, 1.82) is 0 Å². The van der Waals surface area contributed by atoms with E-state index < -0.39 is 0 Å². The summed E-state index contributed by atoms with van der Waals surface area (Å²) in [7, 11) is 0. The van der Waals surface area contributed by atoms with Gasteiger partial charge in [0.15, 0.2) is 10.8 Å². The summed E-state index contributed by atoms with van der Waals surface area (Å²) in [6.07, 6.45) is 3.37. The van der Waals surface area contributed by atoms with E-state index in [0.29, 0.717) is 23.3 Å². The lowest BCUT2D eigenvalue weighted by atomic mass is 10.2. The quantitative estimate of drug-likeness (QED) is 0.730. The first-order chi connectivity index (χ1) is 10.2. The Morgan fingerprint density at radius 1 is 1.29 bits per heavy atom. The molecule has 5 nitrogen and oxygen atoms in total. The van der Waals surface area contributed by atoms with Crippen LogP contribution in [0.3, 0.4) is 0 Å². The molecule has 108 valence electrons. The molecule has 2 aromatic heterocycles. The van der Waals surface area contributed by atoms with E-state index >= 15 is 0 Å². The maximum Gasteiger partial charge on any atom is 0.194 e. The van der Waals surface area contributed by atoms with Gasteiger partial charge in [-0.3, -0.25) is 0 Å². The van der Waals surface area contributed by atoms with Crippen LogP contribution in [0.5, 0.6) is 5.75 Å². The fourth-order valence-corrected chi connectivity index (χ4v) is 2.54. The highest BCUT2D eigenvalue weighted by Crippen LogP contribution is 2.28. The standard InChI is InChI=1S/C15H16N4OS/c1-10(2)8-20-11-4-3-5-12(6-11)21-15-16-7-13-14(19-15)18-9-17-13/h3-7,9-10H,8H2,1-2H3,(H,16,17,18,19). The molecular formula is C15H16N4OS. The number of aromatic amines is 1. The first-order valence-corrected chi connectivity index (χ1v) is 7.59. The van der Waals surface area contributed by atoms with E-state index in [1.807, 2.05) is 24.3 Å². The van der Waals surface area contributed by atoms with Gasteiger partial charge < -0.3 is 9.72 Å². The molecule has 0 aliphatic rings. The molecule has 3 rings (SSSR count). The highest BCUT2D eigenvalue weighted by molar-refractivity contribution is 7.99. The molecule has 21 heavy (non-hydrogen) atoms. The minimum Gasteiger partial charge on any atom is -0.493 e. The second kappa shape index (κ2) is 6.13. The predicted molar refractivity (Wildman–Crippen MR) is 82.6 cm³/mol. The molecule has 0 aliphatic heterocycles. The van der Waals surface area contributed by atoms with Crippen molar-refractivity contribution in [3.63, 3.8) is 0 Å². The number of imidazole rings is 1. The molecule has 0 fully saturated rings. The topological polar surface area (TPSA) is 63.7 Å². The number of aromatic nitrogens is 4. The number of fused-ring (bicyclic) bond motifs is 1. The molecule has 0 bridgehead atoms. The van der Waals surface area contributed by atoms with Crippen molar-refractivity contribution in [3.05, 3.63) is 36.8 Å². The van der Waals surface area contributed by atoms with E-state index in [1.54, 1.807) is 12.5 Å². The zero-order valence-corrected chi connectivity index (χ0v) is 12.7. The fourth-order valence-electron chi connectivity index (χ4n) is 1.77. The normalized spacial score (nSPS) is 11.2. The van der Waals surface area contributed by atoms with Crippen LogP contribution in [0.2, 0.25) is 0 Å². The van der Waals surface area contributed by atoms with E-state index in [2.05, 4.69) is 33.8 Å². The second-order valence-corrected chi connectivity index (χ2v) is 6.11. The number of nitrogens with zero attached hydrogens (tertiary/aromatic N) is 3. The number of ether oxygens (including phenoxy) is 1. The first kappa shape index (κ1) is 13.9. The molecular weight excluding hydrogens is 284 g/mol. The SMILES string of the molecule is CC(C)COc1cccc(Sc2ncc3[nH]cnc3n2)c1. The molecule has 1 aromatic carbocycles. The molecule has 0 saturated heterocycles. The van der Waals surface area contributed by atoms with Crippen molar-refractivity contribution >= 4 is 22.9 Å². The van der Waals surface area contributed by atoms with Gasteiger partial charge in [-0.15, -0.1) is 0 Å². The summed E-state index contributed by atoms with van der Waals surface area (Å²) in [6, 6.07) is 7.96. The van der Waals surface area contributed by atoms with Crippen LogP contribution in [-0.4, -0.2) is 26.5 Å². The van der Waals surface area contributed by atoms with E-state index in [9.17, 15) is 0 Å². The molecule has 1 N–H and O–H groups in total. The van der Waals surface area contributed by atoms with Crippen LogP contribution in [0.4, 0.5) is 0 Å². The third-order valence-corrected chi connectivity index (χ3v) is 3.62. The number of hydrogen-bond donors (Lipinski definition) is 1. The van der Waals surface area contributed by atoms with Crippen molar-refractivity contribution < 1.29 is 4.74 Å². The lowest BCUT2D eigenvalue weighted by molar-refractivity contribution is 0.270. The van der Waals surface area contributed by atoms with Gasteiger partial charge in [0.25, 0.3) is 0 Å². The smallest absolute Gasteiger partial charge is 0.194 e. The number of hydrogen-bond acceptors (Lipinski definition) is 5. The Labute approximate surface area is 127 Å². The average molecular weight is 300 g/mol. The van der Waals surface area contributed by atoms with Gasteiger partial charge in [0.05, 0.1) is 19.1 Å². The van der Waals surface area contributed by atoms with Crippen LogP contribution in [-0.2, 0) is 0 Å². The van der Waals surface area contributed by atoms with Crippen molar-refractivity contribution in [2.75, 3.05) is 6.61 Å². The Kier molecular flexibility index (Phi) is 4.06. The zero-order chi connectivity index (χ0) is 14.7. The van der Waals surface area contributed by atoms with Gasteiger partial charge in [-0.25, -0.2) is 15.0 Å². The minimum absolute atomic E-state index is 0.506. The Morgan fingerprint density at radius 3 is 3.05 bits per heavy atom. The van der Waals surface area contributed by atoms with Gasteiger partial charge in [-0.2, -0.15) is 0 Å². The number of nitrogens with one attached hydrogen (secondary N) is 1. The van der Waals surface area contributed by atoms with Crippen molar-refractivity contribution in [2.45, 2.75) is 23.9 Å². The minimum atomic E-state index is 0.506. The maximum atomic E-state index is 5.73. The predicted octanol–water partition coefficient (Wildman–Crippen LogP) is 3.54. The molecule has 0 unspecified atom stereocenters. The summed E-state index contributed by atoms with van der Waals surface area (Å²) in [5.41, 5.74) is 1.52. The summed E-state index contributed by atoms with van der Waals surface area (Å²) in [4.78, 5) is 16.9. The van der Waals surface area contributed by atoms with E-state index in [-0.39, 0.29) is 0 Å². The second-order valence-electron chi connectivity index (χ2n) is 5.07. The van der Waals surface area contributed by atoms with E-state index in [1.165, 1.54) is 11.8 Å². The summed E-state index contributed by atoms with van der Waals surface area (Å²) in [6.45, 7) is 4.97. The Morgan fingerprint density at radius 2 is 2.19 bits per heavy atom. The average Bonchev–Trinajstić information content (AvgIpc) is 2.93. The molecule has 0 atom stereocenters. The summed E-state index contributed by atoms with van der Waals surface area (Å²) in [5, 5.41) is 0.676. The summed E-state index contributed by atoms with van der Waals surface area (Å²) in [5.74, 6) is 1.38. The van der Waals surface area contributed by atoms with E-state index in [0.717, 1.165) is 16.2 Å². The maximum absolute atomic E-state index is 5.73. The number of rotatable bonds is 5. The van der Waals surface area contributed by atoms with Gasteiger partial charge in [-0.05, 0) is 35.9 Å². The largest absolute Gasteiger partial charge is 0.493 e. The molecule has 0 aliphatic carbocycles. The summed E-state index contributed by atoms with van der Waals surface area (Å²) < 4.78 is 5.73. The van der Waals surface area contributed by atoms with Gasteiger partial charge in [0.2, 0.25) is 0 Å². The first-order valence-electron chi connectivity index (χ1n) is 6.77. The fraction of sp³-hybridized carbons (Fsp3) is 0.267. The van der Waals surface area contributed by atoms with Crippen molar-refractivity contribution in [1.82, 2.24) is 19.9 Å². The third kappa shape index (κ3) is 3.52. The number of benzene rings is 1. The highest BCUT2D eigenvalue weighted by Gasteiger charge is 2.05. The monoisotopic (exact) mass is 300 g/mol. The lowest BCUT2D eigenvalue weighted by Crippen LogP contribution is -2.04. The summed E-state index contributed by atoms with van der Waals surface area (Å²) >= 11 is 1.50. The molecule has 3 aromatic rings. The van der Waals surface area contributed by atoms with Crippen molar-refractivity contribution in [2.24, 2.45) is 5.92 Å². The Bertz CT molecular complexity index is 741. The zero-order valence-electron chi connectivity index (χ0n) is 11.9. The Hall–Kier alpha value is -2.08. The van der Waals surface area contributed by atoms with Gasteiger partial charge in [0.1, 0.15) is 11.3 Å². The molecule has 0 amide bonds. The lowest BCUT2D eigenvalue weighted by Gasteiger charge is -2.09. The molecule has 6 heteroatoms. The molecule has 0 spiro atoms. The van der Waals surface area contributed by atoms with Gasteiger partial charge in [-0.1, -0.05) is 19.9 Å². The van der Waals surface area contributed by atoms with Gasteiger partial charge in [0, 0.05) is 4.90 Å². The van der Waals surface area contributed by atoms with Crippen LogP contribution < -0.4 is 4.74 Å². The Balaban J connectivity index is 1.75. The number of H-pyrrole nitrogens is 1.